The average molecular weight is 316 g/mol. The first-order valence-electron chi connectivity index (χ1n) is 5.86. The molecular formula is C13H18BrNO3. The van der Waals surface area contributed by atoms with Gasteiger partial charge in [0.1, 0.15) is 5.75 Å². The van der Waals surface area contributed by atoms with Gasteiger partial charge in [0, 0.05) is 17.1 Å². The van der Waals surface area contributed by atoms with Gasteiger partial charge in [0.2, 0.25) is 0 Å². The van der Waals surface area contributed by atoms with Crippen molar-refractivity contribution in [2.45, 2.75) is 32.4 Å². The maximum Gasteiger partial charge on any atom is 0.260 e. The van der Waals surface area contributed by atoms with Crippen LogP contribution in [-0.4, -0.2) is 29.8 Å². The molecule has 0 radical (unpaired) electrons. The van der Waals surface area contributed by atoms with Crippen molar-refractivity contribution >= 4 is 21.8 Å². The summed E-state index contributed by atoms with van der Waals surface area (Å²) in [6.45, 7) is 3.60. The van der Waals surface area contributed by atoms with Gasteiger partial charge in [-0.05, 0) is 38.5 Å². The van der Waals surface area contributed by atoms with Crippen molar-refractivity contribution in [3.05, 3.63) is 28.7 Å². The van der Waals surface area contributed by atoms with Crippen molar-refractivity contribution in [3.63, 3.8) is 0 Å². The van der Waals surface area contributed by atoms with E-state index in [2.05, 4.69) is 21.2 Å². The number of hydrogen-bond donors (Lipinski definition) is 2. The minimum absolute atomic E-state index is 0.0579. The Hall–Kier alpha value is -1.07. The van der Waals surface area contributed by atoms with Gasteiger partial charge in [-0.3, -0.25) is 4.79 Å². The Morgan fingerprint density at radius 3 is 2.83 bits per heavy atom. The molecule has 0 saturated heterocycles. The Balaban J connectivity index is 2.49. The average Bonchev–Trinajstić information content (AvgIpc) is 2.29. The van der Waals surface area contributed by atoms with E-state index in [0.29, 0.717) is 12.2 Å². The van der Waals surface area contributed by atoms with Gasteiger partial charge >= 0.3 is 0 Å². The number of carbonyl (C=O) groups is 1. The monoisotopic (exact) mass is 315 g/mol. The van der Waals surface area contributed by atoms with E-state index in [9.17, 15) is 4.79 Å². The van der Waals surface area contributed by atoms with Crippen molar-refractivity contribution < 1.29 is 14.6 Å². The normalized spacial score (nSPS) is 13.8. The number of benzene rings is 1. The van der Waals surface area contributed by atoms with E-state index in [1.54, 1.807) is 19.1 Å². The second kappa shape index (κ2) is 7.38. The van der Waals surface area contributed by atoms with Crippen LogP contribution in [0.25, 0.3) is 0 Å². The largest absolute Gasteiger partial charge is 0.481 e. The third kappa shape index (κ3) is 5.06. The molecule has 18 heavy (non-hydrogen) atoms. The lowest BCUT2D eigenvalue weighted by Gasteiger charge is -2.18. The van der Waals surface area contributed by atoms with Gasteiger partial charge < -0.3 is 15.2 Å². The zero-order chi connectivity index (χ0) is 13.5. The van der Waals surface area contributed by atoms with Crippen LogP contribution < -0.4 is 10.1 Å². The molecule has 2 unspecified atom stereocenters. The second-order valence-corrected chi connectivity index (χ2v) is 5.06. The third-order valence-electron chi connectivity index (χ3n) is 2.43. The Morgan fingerprint density at radius 2 is 2.22 bits per heavy atom. The maximum atomic E-state index is 11.8. The molecule has 0 aliphatic heterocycles. The highest BCUT2D eigenvalue weighted by Gasteiger charge is 2.16. The summed E-state index contributed by atoms with van der Waals surface area (Å²) in [5, 5.41) is 11.5. The summed E-state index contributed by atoms with van der Waals surface area (Å²) in [6, 6.07) is 7.28. The Kier molecular flexibility index (Phi) is 6.15. The van der Waals surface area contributed by atoms with Crippen molar-refractivity contribution in [1.29, 1.82) is 0 Å². The van der Waals surface area contributed by atoms with Crippen LogP contribution in [0.4, 0.5) is 0 Å². The second-order valence-electron chi connectivity index (χ2n) is 4.14. The van der Waals surface area contributed by atoms with Crippen LogP contribution in [-0.2, 0) is 4.79 Å². The van der Waals surface area contributed by atoms with Gasteiger partial charge in [0.25, 0.3) is 5.91 Å². The molecule has 2 N–H and O–H groups in total. The molecule has 0 fully saturated rings. The van der Waals surface area contributed by atoms with E-state index in [1.807, 2.05) is 19.1 Å². The van der Waals surface area contributed by atoms with E-state index in [-0.39, 0.29) is 18.6 Å². The van der Waals surface area contributed by atoms with E-state index >= 15 is 0 Å². The number of halogens is 1. The SMILES string of the molecule is CC(CCO)NC(=O)C(C)Oc1cccc(Br)c1. The molecule has 0 spiro atoms. The lowest BCUT2D eigenvalue weighted by molar-refractivity contribution is -0.127. The first-order chi connectivity index (χ1) is 8.52. The van der Waals surface area contributed by atoms with Gasteiger partial charge in [-0.2, -0.15) is 0 Å². The molecule has 100 valence electrons. The highest BCUT2D eigenvalue weighted by atomic mass is 79.9. The van der Waals surface area contributed by atoms with Crippen LogP contribution in [0, 0.1) is 0 Å². The van der Waals surface area contributed by atoms with Crippen LogP contribution >= 0.6 is 15.9 Å². The fraction of sp³-hybridized carbons (Fsp3) is 0.462. The molecular weight excluding hydrogens is 298 g/mol. The van der Waals surface area contributed by atoms with Gasteiger partial charge in [-0.1, -0.05) is 22.0 Å². The maximum absolute atomic E-state index is 11.8. The first kappa shape index (κ1) is 15.0. The molecule has 1 amide bonds. The third-order valence-corrected chi connectivity index (χ3v) is 2.92. The standard InChI is InChI=1S/C13H18BrNO3/c1-9(6-7-16)15-13(17)10(2)18-12-5-3-4-11(14)8-12/h3-5,8-10,16H,6-7H2,1-2H3,(H,15,17). The topological polar surface area (TPSA) is 58.6 Å². The molecule has 0 aliphatic carbocycles. The van der Waals surface area contributed by atoms with E-state index in [4.69, 9.17) is 9.84 Å². The van der Waals surface area contributed by atoms with Gasteiger partial charge in [-0.25, -0.2) is 0 Å². The summed E-state index contributed by atoms with van der Waals surface area (Å²) in [6.07, 6.45) is -0.0320. The van der Waals surface area contributed by atoms with Gasteiger partial charge in [0.15, 0.2) is 6.10 Å². The summed E-state index contributed by atoms with van der Waals surface area (Å²) in [4.78, 5) is 11.8. The van der Waals surface area contributed by atoms with Crippen LogP contribution in [0.3, 0.4) is 0 Å². The van der Waals surface area contributed by atoms with Crippen molar-refractivity contribution in [3.8, 4) is 5.75 Å². The molecule has 0 aliphatic rings. The number of rotatable bonds is 6. The fourth-order valence-corrected chi connectivity index (χ4v) is 1.80. The van der Waals surface area contributed by atoms with Gasteiger partial charge in [0.05, 0.1) is 0 Å². The number of carbonyl (C=O) groups excluding carboxylic acids is 1. The lowest BCUT2D eigenvalue weighted by atomic mass is 10.2. The molecule has 1 aromatic rings. The van der Waals surface area contributed by atoms with E-state index in [0.717, 1.165) is 4.47 Å². The predicted molar refractivity (Wildman–Crippen MR) is 73.5 cm³/mol. The summed E-state index contributed by atoms with van der Waals surface area (Å²) >= 11 is 3.34. The van der Waals surface area contributed by atoms with Crippen molar-refractivity contribution in [1.82, 2.24) is 5.32 Å². The molecule has 0 heterocycles. The number of ether oxygens (including phenoxy) is 1. The lowest BCUT2D eigenvalue weighted by Crippen LogP contribution is -2.41. The number of amides is 1. The first-order valence-corrected chi connectivity index (χ1v) is 6.65. The highest BCUT2D eigenvalue weighted by Crippen LogP contribution is 2.18. The minimum Gasteiger partial charge on any atom is -0.481 e. The van der Waals surface area contributed by atoms with Crippen LogP contribution in [0.15, 0.2) is 28.7 Å². The summed E-state index contributed by atoms with van der Waals surface area (Å²) in [7, 11) is 0. The Morgan fingerprint density at radius 1 is 1.50 bits per heavy atom. The minimum atomic E-state index is -0.569. The zero-order valence-corrected chi connectivity index (χ0v) is 12.1. The molecule has 5 heteroatoms. The van der Waals surface area contributed by atoms with Crippen LogP contribution in [0.1, 0.15) is 20.3 Å². The molecule has 4 nitrogen and oxygen atoms in total. The number of aliphatic hydroxyl groups is 1. The summed E-state index contributed by atoms with van der Waals surface area (Å²) in [5.41, 5.74) is 0. The zero-order valence-electron chi connectivity index (χ0n) is 10.5. The smallest absolute Gasteiger partial charge is 0.260 e. The van der Waals surface area contributed by atoms with Crippen LogP contribution in [0.2, 0.25) is 0 Å². The molecule has 1 aromatic carbocycles. The van der Waals surface area contributed by atoms with E-state index in [1.165, 1.54) is 0 Å². The predicted octanol–water partition coefficient (Wildman–Crippen LogP) is 2.10. The highest BCUT2D eigenvalue weighted by molar-refractivity contribution is 9.10. The molecule has 0 bridgehead atoms. The Bertz CT molecular complexity index is 398. The number of hydrogen-bond acceptors (Lipinski definition) is 3. The molecule has 0 aromatic heterocycles. The molecule has 1 rings (SSSR count). The summed E-state index contributed by atoms with van der Waals surface area (Å²) in [5.74, 6) is 0.456. The summed E-state index contributed by atoms with van der Waals surface area (Å²) < 4.78 is 6.44. The van der Waals surface area contributed by atoms with Crippen LogP contribution in [0.5, 0.6) is 5.75 Å². The van der Waals surface area contributed by atoms with Crippen molar-refractivity contribution in [2.24, 2.45) is 0 Å². The number of nitrogens with one attached hydrogen (secondary N) is 1. The van der Waals surface area contributed by atoms with Gasteiger partial charge in [-0.15, -0.1) is 0 Å². The van der Waals surface area contributed by atoms with E-state index < -0.39 is 6.10 Å². The fourth-order valence-electron chi connectivity index (χ4n) is 1.42. The molecule has 0 saturated carbocycles. The molecule has 2 atom stereocenters. The van der Waals surface area contributed by atoms with Crippen molar-refractivity contribution in [2.75, 3.05) is 6.61 Å². The Labute approximate surface area is 115 Å². The number of aliphatic hydroxyl groups excluding tert-OH is 1. The quantitative estimate of drug-likeness (QED) is 0.845.